The number of rotatable bonds is 0. The molecule has 3 spiro atoms. The van der Waals surface area contributed by atoms with Gasteiger partial charge in [0.15, 0.2) is 11.5 Å². The fraction of sp³-hybridized carbons (Fsp3) is 0.760. The molecule has 1 N–H and O–H groups in total. The highest BCUT2D eigenvalue weighted by atomic mass is 16.6. The minimum absolute atomic E-state index is 0.00289. The van der Waals surface area contributed by atoms with Crippen LogP contribution in [0.5, 0.6) is 11.5 Å². The Balaban J connectivity index is 1.57. The van der Waals surface area contributed by atoms with Crippen LogP contribution in [0.3, 0.4) is 0 Å². The molecule has 0 aromatic heterocycles. The molecular formula is C25H33NO3. The monoisotopic (exact) mass is 395 g/mol. The Morgan fingerprint density at radius 1 is 1.10 bits per heavy atom. The van der Waals surface area contributed by atoms with Crippen LogP contribution in [0.15, 0.2) is 12.1 Å². The minimum Gasteiger partial charge on any atom is -0.504 e. The van der Waals surface area contributed by atoms with Gasteiger partial charge in [0.05, 0.1) is 5.60 Å². The zero-order chi connectivity index (χ0) is 20.2. The topological polar surface area (TPSA) is 41.9 Å². The fourth-order valence-electron chi connectivity index (χ4n) is 9.38. The lowest BCUT2D eigenvalue weighted by atomic mass is 9.33. The summed E-state index contributed by atoms with van der Waals surface area (Å²) in [6.45, 7) is 10.5. The Bertz CT molecular complexity index is 969. The van der Waals surface area contributed by atoms with Gasteiger partial charge in [-0.2, -0.15) is 0 Å². The molecule has 5 fully saturated rings. The molecule has 4 bridgehead atoms. The van der Waals surface area contributed by atoms with E-state index in [0.29, 0.717) is 17.7 Å². The number of likely N-dealkylation sites (N-methyl/N-ethyl adjacent to an activating group) is 1. The third-order valence-corrected chi connectivity index (χ3v) is 11.1. The minimum atomic E-state index is -0.241. The van der Waals surface area contributed by atoms with Crippen LogP contribution in [0.25, 0.3) is 0 Å². The second kappa shape index (κ2) is 4.50. The van der Waals surface area contributed by atoms with E-state index in [1.165, 1.54) is 24.0 Å². The standard InChI is InChI=1S/C25H33NO3/c1-21(2)16-13-23-8-9-25(16,29-22(21,3)4)20-24(23)10-11-26(5)17(23)12-14-6-7-15(27)19(28-20)18(14)24/h6-7,16-17,20,27H,8-13H2,1-5H3/t16-,17+,20+,23+,24-,25+/m0/s1. The predicted octanol–water partition coefficient (Wildman–Crippen LogP) is 4.03. The predicted molar refractivity (Wildman–Crippen MR) is 110 cm³/mol. The van der Waals surface area contributed by atoms with Crippen molar-refractivity contribution in [3.05, 3.63) is 23.3 Å². The first-order chi connectivity index (χ1) is 13.6. The van der Waals surface area contributed by atoms with Gasteiger partial charge in [0.2, 0.25) is 0 Å². The lowest BCUT2D eigenvalue weighted by molar-refractivity contribution is -0.270. The summed E-state index contributed by atoms with van der Waals surface area (Å²) in [5.41, 5.74) is 2.65. The van der Waals surface area contributed by atoms with Crippen LogP contribution in [0.4, 0.5) is 0 Å². The Morgan fingerprint density at radius 2 is 1.90 bits per heavy atom. The quantitative estimate of drug-likeness (QED) is 0.720. The summed E-state index contributed by atoms with van der Waals surface area (Å²) in [6.07, 6.45) is 5.77. The van der Waals surface area contributed by atoms with Crippen LogP contribution < -0.4 is 4.74 Å². The summed E-state index contributed by atoms with van der Waals surface area (Å²) >= 11 is 0. The molecule has 1 aromatic rings. The number of piperidine rings is 1. The van der Waals surface area contributed by atoms with Gasteiger partial charge >= 0.3 is 0 Å². The Morgan fingerprint density at radius 3 is 2.69 bits per heavy atom. The molecule has 4 heteroatoms. The number of hydrogen-bond acceptors (Lipinski definition) is 4. The summed E-state index contributed by atoms with van der Waals surface area (Å²) in [7, 11) is 2.33. The zero-order valence-electron chi connectivity index (χ0n) is 18.3. The van der Waals surface area contributed by atoms with Crippen molar-refractivity contribution in [1.82, 2.24) is 4.90 Å². The largest absolute Gasteiger partial charge is 0.504 e. The molecule has 156 valence electrons. The van der Waals surface area contributed by atoms with Crippen molar-refractivity contribution in [3.63, 3.8) is 0 Å². The van der Waals surface area contributed by atoms with Crippen molar-refractivity contribution in [3.8, 4) is 11.5 Å². The number of nitrogens with zero attached hydrogens (tertiary/aromatic N) is 1. The van der Waals surface area contributed by atoms with E-state index in [4.69, 9.17) is 9.47 Å². The normalized spacial score (nSPS) is 49.5. The van der Waals surface area contributed by atoms with Crippen LogP contribution in [-0.2, 0) is 16.6 Å². The molecule has 8 rings (SSSR count). The zero-order valence-corrected chi connectivity index (χ0v) is 18.3. The molecule has 1 aromatic carbocycles. The van der Waals surface area contributed by atoms with Crippen molar-refractivity contribution >= 4 is 0 Å². The van der Waals surface area contributed by atoms with Gasteiger partial charge in [-0.05, 0) is 76.6 Å². The van der Waals surface area contributed by atoms with Gasteiger partial charge < -0.3 is 19.5 Å². The molecule has 0 radical (unpaired) electrons. The van der Waals surface area contributed by atoms with Gasteiger partial charge in [-0.15, -0.1) is 0 Å². The van der Waals surface area contributed by atoms with Gasteiger partial charge in [0, 0.05) is 28.4 Å². The molecule has 4 nitrogen and oxygen atoms in total. The third kappa shape index (κ3) is 1.46. The van der Waals surface area contributed by atoms with Crippen LogP contribution in [0.2, 0.25) is 0 Å². The number of ether oxygens (including phenoxy) is 2. The lowest BCUT2D eigenvalue weighted by Gasteiger charge is -2.73. The molecule has 0 unspecified atom stereocenters. The van der Waals surface area contributed by atoms with E-state index in [9.17, 15) is 5.11 Å². The third-order valence-electron chi connectivity index (χ3n) is 11.1. The van der Waals surface area contributed by atoms with Crippen LogP contribution in [-0.4, -0.2) is 46.9 Å². The molecule has 29 heavy (non-hydrogen) atoms. The van der Waals surface area contributed by atoms with E-state index in [2.05, 4.69) is 45.7 Å². The van der Waals surface area contributed by atoms with E-state index in [0.717, 1.165) is 31.6 Å². The fourth-order valence-corrected chi connectivity index (χ4v) is 9.38. The molecule has 6 atom stereocenters. The molecule has 7 aliphatic rings. The molecule has 3 saturated carbocycles. The van der Waals surface area contributed by atoms with Crippen molar-refractivity contribution in [2.24, 2.45) is 16.7 Å². The molecular weight excluding hydrogens is 362 g/mol. The van der Waals surface area contributed by atoms with Crippen molar-refractivity contribution in [2.75, 3.05) is 13.6 Å². The summed E-state index contributed by atoms with van der Waals surface area (Å²) in [4.78, 5) is 2.64. The second-order valence-electron chi connectivity index (χ2n) is 12.1. The van der Waals surface area contributed by atoms with Gasteiger partial charge in [-0.25, -0.2) is 0 Å². The first-order valence-corrected chi connectivity index (χ1v) is 11.5. The van der Waals surface area contributed by atoms with E-state index in [1.54, 1.807) is 0 Å². The lowest BCUT2D eigenvalue weighted by Crippen LogP contribution is -2.80. The van der Waals surface area contributed by atoms with Crippen molar-refractivity contribution in [2.45, 2.75) is 88.6 Å². The number of phenols is 1. The summed E-state index contributed by atoms with van der Waals surface area (Å²) in [5, 5.41) is 10.8. The summed E-state index contributed by atoms with van der Waals surface area (Å²) in [6, 6.07) is 4.58. The number of hydrogen-bond donors (Lipinski definition) is 1. The van der Waals surface area contributed by atoms with Crippen LogP contribution in [0, 0.1) is 16.7 Å². The summed E-state index contributed by atoms with van der Waals surface area (Å²) in [5.74, 6) is 1.60. The molecule has 0 amide bonds. The highest BCUT2D eigenvalue weighted by Crippen LogP contribution is 2.80. The molecule has 4 aliphatic carbocycles. The maximum atomic E-state index is 10.8. The van der Waals surface area contributed by atoms with Crippen LogP contribution >= 0.6 is 0 Å². The number of likely N-dealkylation sites (tertiary alicyclic amines) is 1. The second-order valence-corrected chi connectivity index (χ2v) is 12.1. The number of aromatic hydroxyl groups is 1. The van der Waals surface area contributed by atoms with Gasteiger partial charge in [0.25, 0.3) is 0 Å². The SMILES string of the molecule is CN1CC[C@]23c4c5ccc(O)c4O[C@H]2[C@@]24CC[C@@]3(C[C@H]2C(C)(C)C(C)(C)O4)[C@H]1C5. The maximum Gasteiger partial charge on any atom is 0.165 e. The molecule has 3 aliphatic heterocycles. The molecule has 3 heterocycles. The Hall–Kier alpha value is -1.26. The van der Waals surface area contributed by atoms with E-state index in [-0.39, 0.29) is 33.6 Å². The Labute approximate surface area is 173 Å². The highest BCUT2D eigenvalue weighted by Gasteiger charge is 2.84. The maximum absolute atomic E-state index is 10.8. The van der Waals surface area contributed by atoms with Gasteiger partial charge in [-0.1, -0.05) is 19.9 Å². The number of fused-ring (bicyclic) bond motifs is 1. The average molecular weight is 396 g/mol. The summed E-state index contributed by atoms with van der Waals surface area (Å²) < 4.78 is 14.0. The molecule has 2 saturated heterocycles. The smallest absolute Gasteiger partial charge is 0.165 e. The number of phenolic OH excluding ortho intramolecular Hbond substituents is 1. The van der Waals surface area contributed by atoms with E-state index < -0.39 is 0 Å². The van der Waals surface area contributed by atoms with Gasteiger partial charge in [0.1, 0.15) is 11.7 Å². The first-order valence-electron chi connectivity index (χ1n) is 11.5. The van der Waals surface area contributed by atoms with E-state index in [1.807, 2.05) is 6.07 Å². The van der Waals surface area contributed by atoms with Gasteiger partial charge in [-0.3, -0.25) is 0 Å². The Kier molecular flexibility index (Phi) is 2.70. The van der Waals surface area contributed by atoms with Crippen molar-refractivity contribution < 1.29 is 14.6 Å². The average Bonchev–Trinajstić information content (AvgIpc) is 3.10. The first kappa shape index (κ1) is 17.4. The number of benzene rings is 1. The van der Waals surface area contributed by atoms with E-state index >= 15 is 0 Å². The highest BCUT2D eigenvalue weighted by molar-refractivity contribution is 5.63. The van der Waals surface area contributed by atoms with Crippen LogP contribution in [0.1, 0.15) is 64.5 Å². The van der Waals surface area contributed by atoms with Crippen molar-refractivity contribution in [1.29, 1.82) is 0 Å².